The van der Waals surface area contributed by atoms with Crippen LogP contribution >= 0.6 is 0 Å². The topological polar surface area (TPSA) is 32.3 Å². The Morgan fingerprint density at radius 3 is 3.09 bits per heavy atom. The van der Waals surface area contributed by atoms with Gasteiger partial charge in [-0.15, -0.1) is 0 Å². The first-order valence-corrected chi connectivity index (χ1v) is 8.91. The number of benzene rings is 1. The molecule has 3 rings (SSSR count). The van der Waals surface area contributed by atoms with Crippen LogP contribution in [0.2, 0.25) is 0 Å². The Bertz CT molecular complexity index is 520. The molecule has 22 heavy (non-hydrogen) atoms. The number of anilines is 1. The number of unbranched alkanes of at least 4 members (excludes halogenated alkanes) is 1. The van der Waals surface area contributed by atoms with Crippen molar-refractivity contribution in [3.05, 3.63) is 29.3 Å². The minimum absolute atomic E-state index is 0.296. The molecule has 120 valence electrons. The molecule has 2 aliphatic rings. The number of nitrogens with zero attached hydrogens (tertiary/aromatic N) is 1. The standard InChI is InChI=1S/C19H28N2O/c1-2-3-6-19(22)21-11-9-17-13-15(7-8-18(17)21)12-16-5-4-10-20-14-16/h7-8,13,16,20H,2-6,9-12,14H2,1H3. The number of hydrogen-bond donors (Lipinski definition) is 1. The molecule has 1 aromatic rings. The first-order valence-electron chi connectivity index (χ1n) is 8.91. The number of carbonyl (C=O) groups excluding carboxylic acids is 1. The summed E-state index contributed by atoms with van der Waals surface area (Å²) in [6.45, 7) is 5.33. The summed E-state index contributed by atoms with van der Waals surface area (Å²) in [7, 11) is 0. The number of rotatable bonds is 5. The maximum absolute atomic E-state index is 12.3. The van der Waals surface area contributed by atoms with Crippen molar-refractivity contribution in [2.75, 3.05) is 24.5 Å². The molecule has 0 saturated carbocycles. The van der Waals surface area contributed by atoms with Crippen molar-refractivity contribution in [3.8, 4) is 0 Å². The lowest BCUT2D eigenvalue weighted by Gasteiger charge is -2.23. The Labute approximate surface area is 134 Å². The third-order valence-electron chi connectivity index (χ3n) is 5.01. The fraction of sp³-hybridized carbons (Fsp3) is 0.632. The van der Waals surface area contributed by atoms with Gasteiger partial charge in [0.2, 0.25) is 5.91 Å². The molecule has 0 radical (unpaired) electrons. The average Bonchev–Trinajstić information content (AvgIpc) is 2.97. The summed E-state index contributed by atoms with van der Waals surface area (Å²) >= 11 is 0. The van der Waals surface area contributed by atoms with Gasteiger partial charge in [0.15, 0.2) is 0 Å². The van der Waals surface area contributed by atoms with E-state index in [2.05, 4.69) is 30.4 Å². The summed E-state index contributed by atoms with van der Waals surface area (Å²) < 4.78 is 0. The summed E-state index contributed by atoms with van der Waals surface area (Å²) in [5.74, 6) is 1.07. The van der Waals surface area contributed by atoms with E-state index >= 15 is 0 Å². The van der Waals surface area contributed by atoms with E-state index in [1.165, 1.54) is 36.9 Å². The van der Waals surface area contributed by atoms with Gasteiger partial charge in [0.1, 0.15) is 0 Å². The van der Waals surface area contributed by atoms with E-state index in [1.807, 2.05) is 4.90 Å². The molecule has 1 saturated heterocycles. The lowest BCUT2D eigenvalue weighted by atomic mass is 9.91. The highest BCUT2D eigenvalue weighted by molar-refractivity contribution is 5.95. The molecule has 3 nitrogen and oxygen atoms in total. The Kier molecular flexibility index (Phi) is 5.14. The SMILES string of the molecule is CCCCC(=O)N1CCc2cc(CC3CCCNC3)ccc21. The highest BCUT2D eigenvalue weighted by Gasteiger charge is 2.24. The minimum Gasteiger partial charge on any atom is -0.316 e. The molecule has 0 bridgehead atoms. The van der Waals surface area contributed by atoms with Gasteiger partial charge in [-0.2, -0.15) is 0 Å². The molecule has 1 atom stereocenters. The van der Waals surface area contributed by atoms with E-state index in [-0.39, 0.29) is 0 Å². The second kappa shape index (κ2) is 7.28. The van der Waals surface area contributed by atoms with Crippen LogP contribution in [-0.2, 0) is 17.6 Å². The van der Waals surface area contributed by atoms with Crippen LogP contribution in [0.25, 0.3) is 0 Å². The van der Waals surface area contributed by atoms with Crippen LogP contribution in [0, 0.1) is 5.92 Å². The van der Waals surface area contributed by atoms with Crippen LogP contribution in [0.4, 0.5) is 5.69 Å². The summed E-state index contributed by atoms with van der Waals surface area (Å²) in [5.41, 5.74) is 3.97. The monoisotopic (exact) mass is 300 g/mol. The van der Waals surface area contributed by atoms with Gasteiger partial charge in [-0.05, 0) is 68.3 Å². The summed E-state index contributed by atoms with van der Waals surface area (Å²) in [6, 6.07) is 6.76. The highest BCUT2D eigenvalue weighted by atomic mass is 16.2. The van der Waals surface area contributed by atoms with Crippen molar-refractivity contribution >= 4 is 11.6 Å². The molecule has 1 amide bonds. The maximum atomic E-state index is 12.3. The Balaban J connectivity index is 1.65. The molecule has 1 N–H and O–H groups in total. The van der Waals surface area contributed by atoms with E-state index in [9.17, 15) is 4.79 Å². The number of fused-ring (bicyclic) bond motifs is 1. The van der Waals surface area contributed by atoms with Crippen LogP contribution in [0.15, 0.2) is 18.2 Å². The van der Waals surface area contributed by atoms with Crippen molar-refractivity contribution in [3.63, 3.8) is 0 Å². The van der Waals surface area contributed by atoms with E-state index in [4.69, 9.17) is 0 Å². The highest BCUT2D eigenvalue weighted by Crippen LogP contribution is 2.30. The van der Waals surface area contributed by atoms with E-state index in [0.29, 0.717) is 12.3 Å². The number of amides is 1. The van der Waals surface area contributed by atoms with Gasteiger partial charge >= 0.3 is 0 Å². The third kappa shape index (κ3) is 3.52. The van der Waals surface area contributed by atoms with Crippen LogP contribution < -0.4 is 10.2 Å². The van der Waals surface area contributed by atoms with E-state index < -0.39 is 0 Å². The lowest BCUT2D eigenvalue weighted by molar-refractivity contribution is -0.118. The van der Waals surface area contributed by atoms with Crippen LogP contribution in [-0.4, -0.2) is 25.5 Å². The summed E-state index contributed by atoms with van der Waals surface area (Å²) in [4.78, 5) is 14.3. The first-order chi connectivity index (χ1) is 10.8. The summed E-state index contributed by atoms with van der Waals surface area (Å²) in [5, 5.41) is 3.50. The molecular weight excluding hydrogens is 272 g/mol. The molecule has 2 heterocycles. The second-order valence-corrected chi connectivity index (χ2v) is 6.78. The Hall–Kier alpha value is -1.35. The fourth-order valence-electron chi connectivity index (χ4n) is 3.74. The van der Waals surface area contributed by atoms with Crippen molar-refractivity contribution in [1.29, 1.82) is 0 Å². The molecule has 1 fully saturated rings. The van der Waals surface area contributed by atoms with Crippen molar-refractivity contribution in [1.82, 2.24) is 5.32 Å². The molecule has 1 aromatic carbocycles. The van der Waals surface area contributed by atoms with Gasteiger partial charge in [0.25, 0.3) is 0 Å². The summed E-state index contributed by atoms with van der Waals surface area (Å²) in [6.07, 6.45) is 7.60. The number of nitrogens with one attached hydrogen (secondary N) is 1. The van der Waals surface area contributed by atoms with Gasteiger partial charge in [0, 0.05) is 18.7 Å². The molecule has 0 spiro atoms. The number of piperidine rings is 1. The van der Waals surface area contributed by atoms with Gasteiger partial charge < -0.3 is 10.2 Å². The molecule has 2 aliphatic heterocycles. The zero-order valence-corrected chi connectivity index (χ0v) is 13.7. The molecule has 0 aromatic heterocycles. The zero-order chi connectivity index (χ0) is 15.4. The van der Waals surface area contributed by atoms with E-state index in [1.54, 1.807) is 0 Å². The fourth-order valence-corrected chi connectivity index (χ4v) is 3.74. The first kappa shape index (κ1) is 15.5. The second-order valence-electron chi connectivity index (χ2n) is 6.78. The average molecular weight is 300 g/mol. The smallest absolute Gasteiger partial charge is 0.226 e. The normalized spacial score (nSPS) is 21.0. The van der Waals surface area contributed by atoms with Gasteiger partial charge in [0.05, 0.1) is 0 Å². The van der Waals surface area contributed by atoms with Crippen molar-refractivity contribution < 1.29 is 4.79 Å². The Morgan fingerprint density at radius 2 is 2.32 bits per heavy atom. The molecule has 3 heteroatoms. The largest absolute Gasteiger partial charge is 0.316 e. The van der Waals surface area contributed by atoms with Crippen LogP contribution in [0.1, 0.15) is 50.2 Å². The quantitative estimate of drug-likeness (QED) is 0.905. The van der Waals surface area contributed by atoms with Crippen LogP contribution in [0.3, 0.4) is 0 Å². The lowest BCUT2D eigenvalue weighted by Crippen LogP contribution is -2.30. The van der Waals surface area contributed by atoms with Gasteiger partial charge in [-0.1, -0.05) is 25.5 Å². The number of hydrogen-bond acceptors (Lipinski definition) is 2. The van der Waals surface area contributed by atoms with Crippen molar-refractivity contribution in [2.45, 2.75) is 51.9 Å². The molecule has 1 unspecified atom stereocenters. The molecule has 0 aliphatic carbocycles. The van der Waals surface area contributed by atoms with Crippen molar-refractivity contribution in [2.24, 2.45) is 5.92 Å². The minimum atomic E-state index is 0.296. The maximum Gasteiger partial charge on any atom is 0.226 e. The zero-order valence-electron chi connectivity index (χ0n) is 13.7. The molecular formula is C19H28N2O. The van der Waals surface area contributed by atoms with Crippen LogP contribution in [0.5, 0.6) is 0 Å². The predicted octanol–water partition coefficient (Wildman–Crippen LogP) is 3.31. The predicted molar refractivity (Wildman–Crippen MR) is 91.3 cm³/mol. The van der Waals surface area contributed by atoms with Gasteiger partial charge in [-0.25, -0.2) is 0 Å². The Morgan fingerprint density at radius 1 is 1.41 bits per heavy atom. The van der Waals surface area contributed by atoms with Gasteiger partial charge in [-0.3, -0.25) is 4.79 Å². The number of carbonyl (C=O) groups is 1. The van der Waals surface area contributed by atoms with E-state index in [0.717, 1.165) is 44.0 Å². The third-order valence-corrected chi connectivity index (χ3v) is 5.01.